The molecule has 0 radical (unpaired) electrons. The number of anilines is 1. The van der Waals surface area contributed by atoms with Gasteiger partial charge < -0.3 is 10.1 Å². The van der Waals surface area contributed by atoms with Crippen LogP contribution in [-0.2, 0) is 14.8 Å². The van der Waals surface area contributed by atoms with Gasteiger partial charge in [-0.3, -0.25) is 4.79 Å². The summed E-state index contributed by atoms with van der Waals surface area (Å²) >= 11 is 2.73. The fourth-order valence-electron chi connectivity index (χ4n) is 2.80. The highest BCUT2D eigenvalue weighted by atomic mass is 32.2. The zero-order chi connectivity index (χ0) is 22.4. The summed E-state index contributed by atoms with van der Waals surface area (Å²) < 4.78 is 47.9. The molecule has 0 saturated carbocycles. The number of nitrogens with zero attached hydrogens (tertiary/aromatic N) is 1. The topological polar surface area (TPSA) is 97.4 Å². The zero-order valence-corrected chi connectivity index (χ0v) is 19.4. The Morgan fingerprint density at radius 3 is 2.77 bits per heavy atom. The quantitative estimate of drug-likeness (QED) is 0.454. The third-order valence-electron chi connectivity index (χ3n) is 4.25. The zero-order valence-electron chi connectivity index (χ0n) is 16.9. The molecule has 2 N–H and O–H groups in total. The van der Waals surface area contributed by atoms with E-state index in [1.807, 2.05) is 19.2 Å². The minimum absolute atomic E-state index is 0.236. The Kier molecular flexibility index (Phi) is 7.87. The van der Waals surface area contributed by atoms with Crippen LogP contribution in [0.3, 0.4) is 0 Å². The number of nitrogens with one attached hydrogen (secondary N) is 2. The van der Waals surface area contributed by atoms with E-state index in [1.54, 1.807) is 12.1 Å². The molecule has 0 saturated heterocycles. The second kappa shape index (κ2) is 10.4. The van der Waals surface area contributed by atoms with Crippen molar-refractivity contribution in [3.63, 3.8) is 0 Å². The van der Waals surface area contributed by atoms with Crippen LogP contribution in [0.1, 0.15) is 13.3 Å². The first-order valence-corrected chi connectivity index (χ1v) is 13.1. The van der Waals surface area contributed by atoms with E-state index >= 15 is 0 Å². The monoisotopic (exact) mass is 483 g/mol. The molecule has 11 heteroatoms. The SMILES string of the molecule is CCOc1ccc2nc(NC(=O)[C@H](CCSC)NS(=O)(=O)c3ccccc3F)sc2c1. The minimum Gasteiger partial charge on any atom is -0.494 e. The number of ether oxygens (including phenoxy) is 1. The number of carbonyl (C=O) groups is 1. The molecule has 0 fully saturated rings. The van der Waals surface area contributed by atoms with Gasteiger partial charge in [-0.2, -0.15) is 16.5 Å². The average Bonchev–Trinajstić information content (AvgIpc) is 3.13. The molecule has 3 rings (SSSR count). The maximum atomic E-state index is 14.0. The summed E-state index contributed by atoms with van der Waals surface area (Å²) in [6.07, 6.45) is 2.09. The van der Waals surface area contributed by atoms with Crippen LogP contribution in [0.5, 0.6) is 5.75 Å². The summed E-state index contributed by atoms with van der Waals surface area (Å²) in [6.45, 7) is 2.42. The maximum Gasteiger partial charge on any atom is 0.244 e. The fraction of sp³-hybridized carbons (Fsp3) is 0.300. The summed E-state index contributed by atoms with van der Waals surface area (Å²) in [5.74, 6) is -0.199. The molecule has 7 nitrogen and oxygen atoms in total. The average molecular weight is 484 g/mol. The summed E-state index contributed by atoms with van der Waals surface area (Å²) in [4.78, 5) is 16.7. The molecule has 1 heterocycles. The number of aromatic nitrogens is 1. The van der Waals surface area contributed by atoms with Gasteiger partial charge in [0.05, 0.1) is 16.8 Å². The highest BCUT2D eigenvalue weighted by Gasteiger charge is 2.28. The fourth-order valence-corrected chi connectivity index (χ4v) is 5.48. The molecular weight excluding hydrogens is 461 g/mol. The Morgan fingerprint density at radius 2 is 2.06 bits per heavy atom. The number of carbonyl (C=O) groups excluding carboxylic acids is 1. The lowest BCUT2D eigenvalue weighted by atomic mass is 10.2. The number of benzene rings is 2. The predicted octanol–water partition coefficient (Wildman–Crippen LogP) is 3.87. The number of halogens is 1. The van der Waals surface area contributed by atoms with Crippen LogP contribution in [0.25, 0.3) is 10.2 Å². The Hall–Kier alpha value is -2.21. The van der Waals surface area contributed by atoms with E-state index < -0.39 is 32.7 Å². The summed E-state index contributed by atoms with van der Waals surface area (Å²) in [6, 6.07) is 9.37. The van der Waals surface area contributed by atoms with Crippen LogP contribution in [0.2, 0.25) is 0 Å². The largest absolute Gasteiger partial charge is 0.494 e. The van der Waals surface area contributed by atoms with Crippen molar-refractivity contribution in [2.75, 3.05) is 23.9 Å². The van der Waals surface area contributed by atoms with E-state index in [1.165, 1.54) is 35.2 Å². The molecule has 0 bridgehead atoms. The highest BCUT2D eigenvalue weighted by molar-refractivity contribution is 7.98. The van der Waals surface area contributed by atoms with Crippen molar-refractivity contribution in [1.29, 1.82) is 0 Å². The van der Waals surface area contributed by atoms with Gasteiger partial charge in [0.2, 0.25) is 15.9 Å². The van der Waals surface area contributed by atoms with Crippen LogP contribution < -0.4 is 14.8 Å². The molecule has 0 spiro atoms. The van der Waals surface area contributed by atoms with Gasteiger partial charge in [-0.05, 0) is 55.7 Å². The second-order valence-electron chi connectivity index (χ2n) is 6.46. The smallest absolute Gasteiger partial charge is 0.244 e. The number of hydrogen-bond acceptors (Lipinski definition) is 7. The summed E-state index contributed by atoms with van der Waals surface area (Å²) in [7, 11) is -4.22. The van der Waals surface area contributed by atoms with Gasteiger partial charge in [0.1, 0.15) is 22.5 Å². The number of hydrogen-bond donors (Lipinski definition) is 2. The Balaban J connectivity index is 1.80. The Bertz CT molecular complexity index is 1170. The molecule has 1 atom stereocenters. The van der Waals surface area contributed by atoms with E-state index in [0.717, 1.165) is 16.8 Å². The number of fused-ring (bicyclic) bond motifs is 1. The number of thiazole rings is 1. The lowest BCUT2D eigenvalue weighted by molar-refractivity contribution is -0.117. The molecule has 3 aromatic rings. The van der Waals surface area contributed by atoms with E-state index in [9.17, 15) is 17.6 Å². The third-order valence-corrected chi connectivity index (χ3v) is 7.33. The first-order valence-electron chi connectivity index (χ1n) is 9.44. The van der Waals surface area contributed by atoms with Gasteiger partial charge in [-0.1, -0.05) is 23.5 Å². The van der Waals surface area contributed by atoms with Crippen molar-refractivity contribution < 1.29 is 22.3 Å². The molecule has 1 amide bonds. The Labute approximate surface area is 188 Å². The van der Waals surface area contributed by atoms with Crippen molar-refractivity contribution in [2.45, 2.75) is 24.3 Å². The standard InChI is InChI=1S/C20H22FN3O4S3/c1-3-28-13-8-9-15-17(12-13)30-20(22-15)23-19(25)16(10-11-29-2)24-31(26,27)18-7-5-4-6-14(18)21/h4-9,12,16,24H,3,10-11H2,1-2H3,(H,22,23,25)/t16-/m0/s1. The molecule has 166 valence electrons. The first-order chi connectivity index (χ1) is 14.8. The van der Waals surface area contributed by atoms with Gasteiger partial charge in [0, 0.05) is 0 Å². The molecule has 31 heavy (non-hydrogen) atoms. The summed E-state index contributed by atoms with van der Waals surface area (Å²) in [5, 5.41) is 3.02. The first kappa shape index (κ1) is 23.5. The molecule has 0 unspecified atom stereocenters. The van der Waals surface area contributed by atoms with Gasteiger partial charge in [0.25, 0.3) is 0 Å². The third kappa shape index (κ3) is 5.94. The van der Waals surface area contributed by atoms with Crippen LogP contribution in [0.4, 0.5) is 9.52 Å². The minimum atomic E-state index is -4.22. The lowest BCUT2D eigenvalue weighted by Crippen LogP contribution is -2.44. The van der Waals surface area contributed by atoms with Crippen molar-refractivity contribution in [3.05, 3.63) is 48.3 Å². The van der Waals surface area contributed by atoms with Crippen molar-refractivity contribution >= 4 is 54.4 Å². The number of thioether (sulfide) groups is 1. The molecule has 1 aromatic heterocycles. The number of rotatable bonds is 10. The van der Waals surface area contributed by atoms with Crippen molar-refractivity contribution in [2.24, 2.45) is 0 Å². The predicted molar refractivity (Wildman–Crippen MR) is 123 cm³/mol. The second-order valence-corrected chi connectivity index (χ2v) is 10.2. The van der Waals surface area contributed by atoms with Gasteiger partial charge in [0.15, 0.2) is 5.13 Å². The normalized spacial score (nSPS) is 12.6. The van der Waals surface area contributed by atoms with Gasteiger partial charge in [-0.15, -0.1) is 0 Å². The van der Waals surface area contributed by atoms with Crippen molar-refractivity contribution in [1.82, 2.24) is 9.71 Å². The molecular formula is C20H22FN3O4S3. The Morgan fingerprint density at radius 1 is 1.29 bits per heavy atom. The lowest BCUT2D eigenvalue weighted by Gasteiger charge is -2.17. The van der Waals surface area contributed by atoms with Crippen LogP contribution >= 0.6 is 23.1 Å². The van der Waals surface area contributed by atoms with E-state index in [2.05, 4.69) is 15.0 Å². The molecule has 0 aliphatic rings. The van der Waals surface area contributed by atoms with E-state index in [-0.39, 0.29) is 6.42 Å². The maximum absolute atomic E-state index is 14.0. The van der Waals surface area contributed by atoms with Crippen molar-refractivity contribution in [3.8, 4) is 5.75 Å². The van der Waals surface area contributed by atoms with Crippen LogP contribution in [0.15, 0.2) is 47.4 Å². The van der Waals surface area contributed by atoms with Gasteiger partial charge >= 0.3 is 0 Å². The molecule has 0 aliphatic carbocycles. The van der Waals surface area contributed by atoms with Crippen LogP contribution in [-0.4, -0.2) is 44.0 Å². The molecule has 2 aromatic carbocycles. The number of amides is 1. The summed E-state index contributed by atoms with van der Waals surface area (Å²) in [5.41, 5.74) is 0.691. The van der Waals surface area contributed by atoms with E-state index in [0.29, 0.717) is 28.8 Å². The van der Waals surface area contributed by atoms with Crippen LogP contribution in [0, 0.1) is 5.82 Å². The van der Waals surface area contributed by atoms with Gasteiger partial charge in [-0.25, -0.2) is 17.8 Å². The highest BCUT2D eigenvalue weighted by Crippen LogP contribution is 2.29. The van der Waals surface area contributed by atoms with E-state index in [4.69, 9.17) is 4.74 Å². The molecule has 0 aliphatic heterocycles. The number of sulfonamides is 1.